The molecule has 3 amide bonds. The summed E-state index contributed by atoms with van der Waals surface area (Å²) in [6.07, 6.45) is 3.96. The minimum absolute atomic E-state index is 0.0946. The second-order valence-corrected chi connectivity index (χ2v) is 8.95. The summed E-state index contributed by atoms with van der Waals surface area (Å²) in [5.74, 6) is -2.16. The first-order chi connectivity index (χ1) is 16.4. The largest absolute Gasteiger partial charge is 0.341 e. The Morgan fingerprint density at radius 3 is 2.12 bits per heavy atom. The molecular formula is C26H29F2N3O3. The maximum Gasteiger partial charge on any atom is 0.254 e. The number of hydrogen-bond acceptors (Lipinski definition) is 3. The number of benzene rings is 2. The van der Waals surface area contributed by atoms with Gasteiger partial charge in [0, 0.05) is 31.7 Å². The van der Waals surface area contributed by atoms with Crippen molar-refractivity contribution in [3.8, 4) is 0 Å². The molecule has 2 aromatic carbocycles. The summed E-state index contributed by atoms with van der Waals surface area (Å²) in [7, 11) is 0. The van der Waals surface area contributed by atoms with Crippen LogP contribution in [0.3, 0.4) is 0 Å². The number of amides is 3. The van der Waals surface area contributed by atoms with Crippen LogP contribution in [0.2, 0.25) is 0 Å². The third-order valence-electron chi connectivity index (χ3n) is 6.73. The van der Waals surface area contributed by atoms with Crippen LogP contribution in [0.4, 0.5) is 8.78 Å². The molecule has 6 nitrogen and oxygen atoms in total. The Balaban J connectivity index is 1.47. The maximum absolute atomic E-state index is 14.2. The van der Waals surface area contributed by atoms with E-state index >= 15 is 0 Å². The normalized spacial score (nSPS) is 17.8. The Kier molecular flexibility index (Phi) is 7.55. The van der Waals surface area contributed by atoms with Crippen molar-refractivity contribution in [1.29, 1.82) is 0 Å². The molecule has 1 N–H and O–H groups in total. The van der Waals surface area contributed by atoms with Gasteiger partial charge >= 0.3 is 0 Å². The van der Waals surface area contributed by atoms with Gasteiger partial charge in [-0.1, -0.05) is 12.1 Å². The summed E-state index contributed by atoms with van der Waals surface area (Å²) < 4.78 is 27.4. The summed E-state index contributed by atoms with van der Waals surface area (Å²) in [6, 6.07) is 10.4. The molecule has 1 atom stereocenters. The van der Waals surface area contributed by atoms with Gasteiger partial charge in [0.25, 0.3) is 11.8 Å². The zero-order valence-corrected chi connectivity index (χ0v) is 19.0. The van der Waals surface area contributed by atoms with E-state index in [0.29, 0.717) is 44.6 Å². The highest BCUT2D eigenvalue weighted by Crippen LogP contribution is 2.25. The minimum Gasteiger partial charge on any atom is -0.341 e. The molecule has 2 saturated heterocycles. The van der Waals surface area contributed by atoms with Crippen molar-refractivity contribution in [2.75, 3.05) is 26.2 Å². The SMILES string of the molecule is O=C(NC(C(=O)N1CCCCC1)C1CCN(C(=O)c2ccc(F)cc2)CC1)c1ccccc1F. The fourth-order valence-electron chi connectivity index (χ4n) is 4.77. The van der Waals surface area contributed by atoms with E-state index in [9.17, 15) is 23.2 Å². The number of rotatable bonds is 5. The van der Waals surface area contributed by atoms with Gasteiger partial charge in [-0.25, -0.2) is 8.78 Å². The highest BCUT2D eigenvalue weighted by atomic mass is 19.1. The number of halogens is 2. The van der Waals surface area contributed by atoms with Crippen LogP contribution in [0.5, 0.6) is 0 Å². The third-order valence-corrected chi connectivity index (χ3v) is 6.73. The summed E-state index contributed by atoms with van der Waals surface area (Å²) >= 11 is 0. The molecule has 34 heavy (non-hydrogen) atoms. The van der Waals surface area contributed by atoms with E-state index in [-0.39, 0.29) is 23.3 Å². The molecule has 0 aromatic heterocycles. The van der Waals surface area contributed by atoms with Gasteiger partial charge in [0.1, 0.15) is 17.7 Å². The Morgan fingerprint density at radius 2 is 1.47 bits per heavy atom. The lowest BCUT2D eigenvalue weighted by Crippen LogP contribution is -2.55. The van der Waals surface area contributed by atoms with Gasteiger partial charge < -0.3 is 15.1 Å². The van der Waals surface area contributed by atoms with Crippen molar-refractivity contribution in [1.82, 2.24) is 15.1 Å². The van der Waals surface area contributed by atoms with Crippen LogP contribution in [0.1, 0.15) is 52.8 Å². The molecule has 0 saturated carbocycles. The van der Waals surface area contributed by atoms with E-state index in [0.717, 1.165) is 19.3 Å². The molecule has 0 bridgehead atoms. The molecule has 2 fully saturated rings. The number of piperidine rings is 2. The molecular weight excluding hydrogens is 440 g/mol. The van der Waals surface area contributed by atoms with Crippen LogP contribution in [0.25, 0.3) is 0 Å². The Hall–Kier alpha value is -3.29. The van der Waals surface area contributed by atoms with Gasteiger partial charge in [0.05, 0.1) is 5.56 Å². The van der Waals surface area contributed by atoms with Crippen LogP contribution in [-0.4, -0.2) is 59.7 Å². The second-order valence-electron chi connectivity index (χ2n) is 8.95. The lowest BCUT2D eigenvalue weighted by Gasteiger charge is -2.38. The molecule has 0 aliphatic carbocycles. The molecule has 1 unspecified atom stereocenters. The summed E-state index contributed by atoms with van der Waals surface area (Å²) in [4.78, 5) is 42.5. The molecule has 0 radical (unpaired) electrons. The first-order valence-corrected chi connectivity index (χ1v) is 11.8. The molecule has 180 valence electrons. The quantitative estimate of drug-likeness (QED) is 0.727. The predicted octanol–water partition coefficient (Wildman–Crippen LogP) is 3.63. The van der Waals surface area contributed by atoms with Gasteiger partial charge in [0.2, 0.25) is 5.91 Å². The number of carbonyl (C=O) groups excluding carboxylic acids is 3. The van der Waals surface area contributed by atoms with Gasteiger partial charge in [-0.2, -0.15) is 0 Å². The van der Waals surface area contributed by atoms with Crippen molar-refractivity contribution in [3.63, 3.8) is 0 Å². The third kappa shape index (κ3) is 5.43. The lowest BCUT2D eigenvalue weighted by atomic mass is 9.87. The van der Waals surface area contributed by atoms with Gasteiger partial charge in [-0.05, 0) is 74.4 Å². The zero-order chi connectivity index (χ0) is 24.1. The Morgan fingerprint density at radius 1 is 0.824 bits per heavy atom. The van der Waals surface area contributed by atoms with Crippen LogP contribution in [-0.2, 0) is 4.79 Å². The van der Waals surface area contributed by atoms with E-state index in [2.05, 4.69) is 5.32 Å². The van der Waals surface area contributed by atoms with Crippen LogP contribution in [0, 0.1) is 17.6 Å². The highest BCUT2D eigenvalue weighted by molar-refractivity contribution is 5.98. The molecule has 2 aliphatic heterocycles. The average Bonchev–Trinajstić information content (AvgIpc) is 2.88. The summed E-state index contributed by atoms with van der Waals surface area (Å²) in [5, 5.41) is 2.81. The molecule has 2 aromatic rings. The fourth-order valence-corrected chi connectivity index (χ4v) is 4.77. The van der Waals surface area contributed by atoms with Crippen molar-refractivity contribution < 1.29 is 23.2 Å². The van der Waals surface area contributed by atoms with E-state index in [1.165, 1.54) is 42.5 Å². The summed E-state index contributed by atoms with van der Waals surface area (Å²) in [6.45, 7) is 2.13. The number of carbonyl (C=O) groups is 3. The summed E-state index contributed by atoms with van der Waals surface area (Å²) in [5.41, 5.74) is 0.316. The van der Waals surface area contributed by atoms with Crippen LogP contribution >= 0.6 is 0 Å². The minimum atomic E-state index is -0.784. The highest BCUT2D eigenvalue weighted by Gasteiger charge is 2.37. The van der Waals surface area contributed by atoms with Gasteiger partial charge in [-0.3, -0.25) is 14.4 Å². The number of nitrogens with zero attached hydrogens (tertiary/aromatic N) is 2. The fraction of sp³-hybridized carbons (Fsp3) is 0.423. The van der Waals surface area contributed by atoms with Crippen molar-refractivity contribution in [3.05, 3.63) is 71.3 Å². The van der Waals surface area contributed by atoms with E-state index in [1.807, 2.05) is 0 Å². The Bertz CT molecular complexity index is 1030. The molecule has 8 heteroatoms. The number of likely N-dealkylation sites (tertiary alicyclic amines) is 2. The topological polar surface area (TPSA) is 69.7 Å². The molecule has 4 rings (SSSR count). The van der Waals surface area contributed by atoms with E-state index in [4.69, 9.17) is 0 Å². The number of nitrogens with one attached hydrogen (secondary N) is 1. The van der Waals surface area contributed by atoms with Crippen LogP contribution in [0.15, 0.2) is 48.5 Å². The molecule has 2 heterocycles. The van der Waals surface area contributed by atoms with Crippen molar-refractivity contribution >= 4 is 17.7 Å². The zero-order valence-electron chi connectivity index (χ0n) is 19.0. The monoisotopic (exact) mass is 469 g/mol. The van der Waals surface area contributed by atoms with Crippen molar-refractivity contribution in [2.24, 2.45) is 5.92 Å². The maximum atomic E-state index is 14.2. The van der Waals surface area contributed by atoms with Gasteiger partial charge in [0.15, 0.2) is 0 Å². The standard InChI is InChI=1S/C26H29F2N3O3/c27-20-10-8-19(9-11-20)25(33)31-16-12-18(13-17-31)23(26(34)30-14-4-1-5-15-30)29-24(32)21-6-2-3-7-22(21)28/h2-3,6-11,18,23H,1,4-5,12-17H2,(H,29,32). The first-order valence-electron chi connectivity index (χ1n) is 11.8. The average molecular weight is 470 g/mol. The predicted molar refractivity (Wildman–Crippen MR) is 123 cm³/mol. The first kappa shape index (κ1) is 23.9. The van der Waals surface area contributed by atoms with E-state index in [1.54, 1.807) is 15.9 Å². The Labute approximate surface area is 197 Å². The van der Waals surface area contributed by atoms with Crippen molar-refractivity contribution in [2.45, 2.75) is 38.1 Å². The smallest absolute Gasteiger partial charge is 0.254 e. The van der Waals surface area contributed by atoms with Crippen LogP contribution < -0.4 is 5.32 Å². The van der Waals surface area contributed by atoms with E-state index < -0.39 is 23.6 Å². The number of hydrogen-bond donors (Lipinski definition) is 1. The molecule has 2 aliphatic rings. The second kappa shape index (κ2) is 10.8. The lowest BCUT2D eigenvalue weighted by molar-refractivity contribution is -0.136. The van der Waals surface area contributed by atoms with Gasteiger partial charge in [-0.15, -0.1) is 0 Å². The molecule has 0 spiro atoms.